The van der Waals surface area contributed by atoms with Crippen molar-refractivity contribution in [3.05, 3.63) is 11.1 Å². The fraction of sp³-hybridized carbons (Fsp3) is 0.500. The Morgan fingerprint density at radius 2 is 1.50 bits per heavy atom. The molecule has 0 aromatic heterocycles. The van der Waals surface area contributed by atoms with Crippen LogP contribution in [0.2, 0.25) is 0 Å². The topological polar surface area (TPSA) is 74.6 Å². The van der Waals surface area contributed by atoms with Gasteiger partial charge in [0.1, 0.15) is 0 Å². The fourth-order valence-corrected chi connectivity index (χ4v) is 0.956. The Balaban J connectivity index is 5.08. The Hall–Kier alpha value is -1.32. The van der Waals surface area contributed by atoms with Gasteiger partial charge in [0.25, 0.3) is 0 Å². The molecule has 0 aliphatic rings. The Bertz CT molecular complexity index is 237. The van der Waals surface area contributed by atoms with Gasteiger partial charge in [0.05, 0.1) is 0 Å². The van der Waals surface area contributed by atoms with Gasteiger partial charge in [0.15, 0.2) is 0 Å². The van der Waals surface area contributed by atoms with Gasteiger partial charge < -0.3 is 10.2 Å². The van der Waals surface area contributed by atoms with E-state index in [1.807, 2.05) is 0 Å². The number of hydrogen-bond acceptors (Lipinski definition) is 2. The second-order valence-corrected chi connectivity index (χ2v) is 2.80. The van der Waals surface area contributed by atoms with Crippen LogP contribution in [0.25, 0.3) is 0 Å². The van der Waals surface area contributed by atoms with Crippen molar-refractivity contribution in [2.75, 3.05) is 0 Å². The summed E-state index contributed by atoms with van der Waals surface area (Å²) in [5.41, 5.74) is -0.139. The predicted octanol–water partition coefficient (Wildman–Crippen LogP) is 1.13. The Morgan fingerprint density at radius 1 is 1.08 bits per heavy atom. The van der Waals surface area contributed by atoms with Gasteiger partial charge in [-0.05, 0) is 12.8 Å². The molecule has 2 N–H and O–H groups in total. The number of rotatable bonds is 3. The molecule has 0 atom stereocenters. The molecule has 0 amide bonds. The van der Waals surface area contributed by atoms with E-state index in [0.717, 1.165) is 0 Å². The SMILES string of the molecule is C/C(C(=O)O)=C(/C(=O)O)C(C)C. The lowest BCUT2D eigenvalue weighted by atomic mass is 9.98. The van der Waals surface area contributed by atoms with Gasteiger partial charge in [-0.25, -0.2) is 9.59 Å². The molecular weight excluding hydrogens is 160 g/mol. The van der Waals surface area contributed by atoms with Crippen molar-refractivity contribution < 1.29 is 19.8 Å². The largest absolute Gasteiger partial charge is 0.478 e. The maximum absolute atomic E-state index is 10.6. The molecule has 0 spiro atoms. The van der Waals surface area contributed by atoms with Crippen molar-refractivity contribution >= 4 is 11.9 Å². The zero-order valence-corrected chi connectivity index (χ0v) is 7.29. The average molecular weight is 172 g/mol. The van der Waals surface area contributed by atoms with Gasteiger partial charge in [-0.1, -0.05) is 13.8 Å². The number of carbonyl (C=O) groups is 2. The Morgan fingerprint density at radius 3 is 1.58 bits per heavy atom. The smallest absolute Gasteiger partial charge is 0.332 e. The normalized spacial score (nSPS) is 12.7. The van der Waals surface area contributed by atoms with E-state index >= 15 is 0 Å². The minimum atomic E-state index is -1.18. The van der Waals surface area contributed by atoms with Crippen LogP contribution < -0.4 is 0 Å². The molecule has 0 saturated heterocycles. The van der Waals surface area contributed by atoms with Crippen LogP contribution in [-0.2, 0) is 9.59 Å². The van der Waals surface area contributed by atoms with Gasteiger partial charge in [0.2, 0.25) is 0 Å². The lowest BCUT2D eigenvalue weighted by molar-refractivity contribution is -0.136. The molecule has 0 aliphatic heterocycles. The quantitative estimate of drug-likeness (QED) is 0.626. The summed E-state index contributed by atoms with van der Waals surface area (Å²) in [4.78, 5) is 21.0. The van der Waals surface area contributed by atoms with Crippen LogP contribution in [0, 0.1) is 5.92 Å². The van der Waals surface area contributed by atoms with E-state index in [0.29, 0.717) is 0 Å². The molecule has 0 rings (SSSR count). The molecule has 68 valence electrons. The summed E-state index contributed by atoms with van der Waals surface area (Å²) in [7, 11) is 0. The summed E-state index contributed by atoms with van der Waals surface area (Å²) in [6.45, 7) is 4.59. The first-order chi connectivity index (χ1) is 5.37. The van der Waals surface area contributed by atoms with Gasteiger partial charge in [-0.3, -0.25) is 0 Å². The van der Waals surface area contributed by atoms with E-state index in [9.17, 15) is 9.59 Å². The third-order valence-electron chi connectivity index (χ3n) is 1.53. The van der Waals surface area contributed by atoms with Crippen molar-refractivity contribution in [2.24, 2.45) is 5.92 Å². The van der Waals surface area contributed by atoms with E-state index < -0.39 is 11.9 Å². The molecular formula is C8H12O4. The van der Waals surface area contributed by atoms with Gasteiger partial charge in [0, 0.05) is 11.1 Å². The number of carboxylic acid groups (broad SMARTS) is 2. The van der Waals surface area contributed by atoms with Crippen LogP contribution in [0.15, 0.2) is 11.1 Å². The number of hydrogen-bond donors (Lipinski definition) is 2. The molecule has 0 saturated carbocycles. The first-order valence-corrected chi connectivity index (χ1v) is 3.55. The second-order valence-electron chi connectivity index (χ2n) is 2.80. The molecule has 0 aromatic carbocycles. The summed E-state index contributed by atoms with van der Waals surface area (Å²) in [6.07, 6.45) is 0. The van der Waals surface area contributed by atoms with Gasteiger partial charge in [-0.2, -0.15) is 0 Å². The van der Waals surface area contributed by atoms with Crippen molar-refractivity contribution in [3.8, 4) is 0 Å². The first-order valence-electron chi connectivity index (χ1n) is 3.55. The fourth-order valence-electron chi connectivity index (χ4n) is 0.956. The van der Waals surface area contributed by atoms with Crippen molar-refractivity contribution in [3.63, 3.8) is 0 Å². The molecule has 4 nitrogen and oxygen atoms in total. The van der Waals surface area contributed by atoms with Crippen LogP contribution in [0.5, 0.6) is 0 Å². The summed E-state index contributed by atoms with van der Waals surface area (Å²) in [6, 6.07) is 0. The van der Waals surface area contributed by atoms with Crippen molar-refractivity contribution in [2.45, 2.75) is 20.8 Å². The molecule has 12 heavy (non-hydrogen) atoms. The molecule has 0 bridgehead atoms. The lowest BCUT2D eigenvalue weighted by Gasteiger charge is -2.07. The monoisotopic (exact) mass is 172 g/mol. The second kappa shape index (κ2) is 3.90. The van der Waals surface area contributed by atoms with Gasteiger partial charge in [-0.15, -0.1) is 0 Å². The van der Waals surface area contributed by atoms with Crippen molar-refractivity contribution in [1.82, 2.24) is 0 Å². The number of aliphatic carboxylic acids is 2. The van der Waals surface area contributed by atoms with Crippen molar-refractivity contribution in [1.29, 1.82) is 0 Å². The van der Waals surface area contributed by atoms with Crippen LogP contribution in [-0.4, -0.2) is 22.2 Å². The summed E-state index contributed by atoms with van der Waals surface area (Å²) in [5, 5.41) is 17.2. The van der Waals surface area contributed by atoms with Crippen LogP contribution >= 0.6 is 0 Å². The van der Waals surface area contributed by atoms with Crippen LogP contribution in [0.1, 0.15) is 20.8 Å². The molecule has 0 heterocycles. The van der Waals surface area contributed by atoms with E-state index in [1.54, 1.807) is 13.8 Å². The van der Waals surface area contributed by atoms with E-state index in [1.165, 1.54) is 6.92 Å². The number of carboxylic acids is 2. The minimum absolute atomic E-state index is 0.0394. The van der Waals surface area contributed by atoms with E-state index in [-0.39, 0.29) is 17.1 Å². The molecule has 0 aliphatic carbocycles. The molecule has 0 radical (unpaired) electrons. The molecule has 0 aromatic rings. The third kappa shape index (κ3) is 2.38. The first kappa shape index (κ1) is 10.7. The zero-order chi connectivity index (χ0) is 9.89. The maximum Gasteiger partial charge on any atom is 0.332 e. The Kier molecular flexibility index (Phi) is 3.47. The summed E-state index contributed by atoms with van der Waals surface area (Å²) >= 11 is 0. The van der Waals surface area contributed by atoms with E-state index in [2.05, 4.69) is 0 Å². The molecule has 4 heteroatoms. The maximum atomic E-state index is 10.6. The summed E-state index contributed by atoms with van der Waals surface area (Å²) < 4.78 is 0. The van der Waals surface area contributed by atoms with Crippen LogP contribution in [0.3, 0.4) is 0 Å². The Labute approximate surface area is 70.5 Å². The molecule has 0 unspecified atom stereocenters. The highest BCUT2D eigenvalue weighted by molar-refractivity contribution is 5.98. The van der Waals surface area contributed by atoms with E-state index in [4.69, 9.17) is 10.2 Å². The highest BCUT2D eigenvalue weighted by Crippen LogP contribution is 2.14. The van der Waals surface area contributed by atoms with Gasteiger partial charge >= 0.3 is 11.9 Å². The zero-order valence-electron chi connectivity index (χ0n) is 7.29. The third-order valence-corrected chi connectivity index (χ3v) is 1.53. The summed E-state index contributed by atoms with van der Waals surface area (Å²) in [5.74, 6) is -2.62. The lowest BCUT2D eigenvalue weighted by Crippen LogP contribution is -2.13. The highest BCUT2D eigenvalue weighted by atomic mass is 16.4. The average Bonchev–Trinajstić information content (AvgIpc) is 1.85. The minimum Gasteiger partial charge on any atom is -0.478 e. The molecule has 0 fully saturated rings. The standard InChI is InChI=1S/C8H12O4/c1-4(2)6(8(11)12)5(3)7(9)10/h4H,1-3H3,(H,9,10)(H,11,12)/b6-5-. The highest BCUT2D eigenvalue weighted by Gasteiger charge is 2.18. The van der Waals surface area contributed by atoms with Crippen LogP contribution in [0.4, 0.5) is 0 Å². The predicted molar refractivity (Wildman–Crippen MR) is 42.8 cm³/mol.